The van der Waals surface area contributed by atoms with Crippen LogP contribution in [0.1, 0.15) is 26.1 Å². The van der Waals surface area contributed by atoms with Crippen LogP contribution in [0, 0.1) is 0 Å². The molecule has 4 nitrogen and oxygen atoms in total. The first-order chi connectivity index (χ1) is 9.95. The van der Waals surface area contributed by atoms with E-state index in [4.69, 9.17) is 10.7 Å². The normalized spacial score (nSPS) is 12.1. The maximum absolute atomic E-state index is 6.11. The van der Waals surface area contributed by atoms with Crippen LogP contribution in [0.15, 0.2) is 36.9 Å². The van der Waals surface area contributed by atoms with Gasteiger partial charge in [0.05, 0.1) is 11.0 Å². The van der Waals surface area contributed by atoms with Crippen LogP contribution >= 0.6 is 0 Å². The van der Waals surface area contributed by atoms with Crippen molar-refractivity contribution in [2.24, 2.45) is 7.05 Å². The Hall–Kier alpha value is -2.36. The summed E-state index contributed by atoms with van der Waals surface area (Å²) in [4.78, 5) is 9.25. The first-order valence-electron chi connectivity index (χ1n) is 7.07. The van der Waals surface area contributed by atoms with Crippen LogP contribution < -0.4 is 5.73 Å². The maximum Gasteiger partial charge on any atom is 0.152 e. The second kappa shape index (κ2) is 4.58. The molecule has 2 heterocycles. The average molecular weight is 280 g/mol. The number of nitrogens with zero attached hydrogens (tertiary/aromatic N) is 3. The second-order valence-corrected chi connectivity index (χ2v) is 6.08. The monoisotopic (exact) mass is 280 g/mol. The van der Waals surface area contributed by atoms with Crippen molar-refractivity contribution in [1.29, 1.82) is 0 Å². The Kier molecular flexibility index (Phi) is 2.97. The fourth-order valence-electron chi connectivity index (χ4n) is 3.00. The molecule has 0 saturated heterocycles. The number of benzene rings is 1. The molecule has 0 amide bonds. The number of aromatic nitrogens is 3. The average Bonchev–Trinajstić information content (AvgIpc) is 2.79. The molecular formula is C17H20N4. The van der Waals surface area contributed by atoms with Crippen molar-refractivity contribution >= 4 is 27.8 Å². The van der Waals surface area contributed by atoms with Gasteiger partial charge in [-0.05, 0) is 12.5 Å². The van der Waals surface area contributed by atoms with E-state index in [0.717, 1.165) is 34.2 Å². The van der Waals surface area contributed by atoms with Crippen molar-refractivity contribution in [3.63, 3.8) is 0 Å². The third-order valence-corrected chi connectivity index (χ3v) is 4.00. The van der Waals surface area contributed by atoms with Gasteiger partial charge in [-0.3, -0.25) is 0 Å². The van der Waals surface area contributed by atoms with E-state index in [1.165, 1.54) is 0 Å². The summed E-state index contributed by atoms with van der Waals surface area (Å²) in [7, 11) is 2.04. The molecule has 21 heavy (non-hydrogen) atoms. The van der Waals surface area contributed by atoms with Gasteiger partial charge in [-0.25, -0.2) is 9.97 Å². The van der Waals surface area contributed by atoms with E-state index in [1.807, 2.05) is 31.3 Å². The Bertz CT molecular complexity index is 843. The number of hydrogen-bond donors (Lipinski definition) is 1. The summed E-state index contributed by atoms with van der Waals surface area (Å²) >= 11 is 0. The van der Waals surface area contributed by atoms with Crippen LogP contribution in [0.2, 0.25) is 0 Å². The fraction of sp³-hybridized carbons (Fsp3) is 0.294. The molecule has 0 bridgehead atoms. The highest BCUT2D eigenvalue weighted by Crippen LogP contribution is 2.33. The lowest BCUT2D eigenvalue weighted by Crippen LogP contribution is -2.21. The van der Waals surface area contributed by atoms with Gasteiger partial charge in [0.2, 0.25) is 0 Å². The molecule has 1 aromatic carbocycles. The Morgan fingerprint density at radius 1 is 1.29 bits per heavy atom. The van der Waals surface area contributed by atoms with Crippen molar-refractivity contribution in [1.82, 2.24) is 14.5 Å². The van der Waals surface area contributed by atoms with Crippen LogP contribution in [0.4, 0.5) is 5.82 Å². The topological polar surface area (TPSA) is 56.7 Å². The number of aryl methyl sites for hydroxylation is 1. The van der Waals surface area contributed by atoms with Gasteiger partial charge in [0.15, 0.2) is 5.82 Å². The highest BCUT2D eigenvalue weighted by atomic mass is 15.1. The van der Waals surface area contributed by atoms with Crippen LogP contribution in [-0.2, 0) is 12.5 Å². The molecule has 108 valence electrons. The van der Waals surface area contributed by atoms with E-state index in [9.17, 15) is 0 Å². The number of allylic oxidation sites excluding steroid dienone is 1. The quantitative estimate of drug-likeness (QED) is 0.746. The molecule has 0 spiro atoms. The predicted octanol–water partition coefficient (Wildman–Crippen LogP) is 3.56. The number of para-hydroxylation sites is 1. The van der Waals surface area contributed by atoms with E-state index in [-0.39, 0.29) is 5.41 Å². The van der Waals surface area contributed by atoms with Crippen LogP contribution in [-0.4, -0.2) is 14.5 Å². The zero-order valence-corrected chi connectivity index (χ0v) is 12.7. The van der Waals surface area contributed by atoms with Crippen molar-refractivity contribution < 1.29 is 0 Å². The Morgan fingerprint density at radius 2 is 2.00 bits per heavy atom. The number of nitrogens with two attached hydrogens (primary N) is 1. The van der Waals surface area contributed by atoms with E-state index in [0.29, 0.717) is 5.82 Å². The standard InChI is InChI=1S/C17H20N4/c1-5-10-17(2,3)16-20-13-14(21(16)4)11-8-6-7-9-12(11)19-15(13)18/h5-9H,1,10H2,2-4H3,(H2,18,19). The van der Waals surface area contributed by atoms with Gasteiger partial charge < -0.3 is 10.3 Å². The number of nitrogen functional groups attached to an aromatic ring is 1. The van der Waals surface area contributed by atoms with Gasteiger partial charge in [-0.1, -0.05) is 38.1 Å². The SMILES string of the molecule is C=CCC(C)(C)c1nc2c(N)nc3ccccc3c2n1C. The number of hydrogen-bond acceptors (Lipinski definition) is 3. The number of imidazole rings is 1. The molecule has 0 fully saturated rings. The minimum absolute atomic E-state index is 0.0942. The Labute approximate surface area is 124 Å². The third-order valence-electron chi connectivity index (χ3n) is 4.00. The molecule has 0 atom stereocenters. The van der Waals surface area contributed by atoms with E-state index < -0.39 is 0 Å². The second-order valence-electron chi connectivity index (χ2n) is 6.08. The summed E-state index contributed by atoms with van der Waals surface area (Å²) in [5, 5.41) is 1.08. The molecular weight excluding hydrogens is 260 g/mol. The Morgan fingerprint density at radius 3 is 2.71 bits per heavy atom. The molecule has 2 N–H and O–H groups in total. The molecule has 2 aromatic heterocycles. The van der Waals surface area contributed by atoms with Gasteiger partial charge >= 0.3 is 0 Å². The van der Waals surface area contributed by atoms with Crippen molar-refractivity contribution in [3.8, 4) is 0 Å². The number of fused-ring (bicyclic) bond motifs is 3. The molecule has 3 rings (SSSR count). The van der Waals surface area contributed by atoms with E-state index >= 15 is 0 Å². The number of anilines is 1. The lowest BCUT2D eigenvalue weighted by Gasteiger charge is -2.22. The lowest BCUT2D eigenvalue weighted by molar-refractivity contribution is 0.482. The maximum atomic E-state index is 6.11. The Balaban J connectivity index is 2.42. The highest BCUT2D eigenvalue weighted by Gasteiger charge is 2.27. The molecule has 0 aliphatic carbocycles. The molecule has 0 aliphatic heterocycles. The van der Waals surface area contributed by atoms with Gasteiger partial charge in [-0.15, -0.1) is 6.58 Å². The summed E-state index contributed by atoms with van der Waals surface area (Å²) in [6.07, 6.45) is 2.79. The third kappa shape index (κ3) is 1.98. The molecule has 0 saturated carbocycles. The molecule has 4 heteroatoms. The molecule has 0 unspecified atom stereocenters. The van der Waals surface area contributed by atoms with Gasteiger partial charge in [0.25, 0.3) is 0 Å². The highest BCUT2D eigenvalue weighted by molar-refractivity contribution is 6.06. The van der Waals surface area contributed by atoms with Crippen LogP contribution in [0.3, 0.4) is 0 Å². The minimum Gasteiger partial charge on any atom is -0.382 e. The molecule has 3 aromatic rings. The summed E-state index contributed by atoms with van der Waals surface area (Å²) in [5.41, 5.74) is 8.75. The predicted molar refractivity (Wildman–Crippen MR) is 88.3 cm³/mol. The van der Waals surface area contributed by atoms with E-state index in [2.05, 4.69) is 36.0 Å². The largest absolute Gasteiger partial charge is 0.382 e. The van der Waals surface area contributed by atoms with Gasteiger partial charge in [0, 0.05) is 17.8 Å². The number of pyridine rings is 1. The van der Waals surface area contributed by atoms with Crippen LogP contribution in [0.25, 0.3) is 21.9 Å². The zero-order valence-electron chi connectivity index (χ0n) is 12.7. The summed E-state index contributed by atoms with van der Waals surface area (Å²) in [6, 6.07) is 8.03. The first-order valence-corrected chi connectivity index (χ1v) is 7.07. The van der Waals surface area contributed by atoms with Crippen molar-refractivity contribution in [2.45, 2.75) is 25.7 Å². The smallest absolute Gasteiger partial charge is 0.152 e. The van der Waals surface area contributed by atoms with Crippen molar-refractivity contribution in [2.75, 3.05) is 5.73 Å². The summed E-state index contributed by atoms with van der Waals surface area (Å²) in [6.45, 7) is 8.19. The fourth-order valence-corrected chi connectivity index (χ4v) is 3.00. The summed E-state index contributed by atoms with van der Waals surface area (Å²) in [5.74, 6) is 1.49. The van der Waals surface area contributed by atoms with Gasteiger partial charge in [0.1, 0.15) is 11.3 Å². The summed E-state index contributed by atoms with van der Waals surface area (Å²) < 4.78 is 2.14. The van der Waals surface area contributed by atoms with Crippen LogP contribution in [0.5, 0.6) is 0 Å². The molecule has 0 aliphatic rings. The van der Waals surface area contributed by atoms with Gasteiger partial charge in [-0.2, -0.15) is 0 Å². The first kappa shape index (κ1) is 13.6. The lowest BCUT2D eigenvalue weighted by atomic mass is 9.88. The van der Waals surface area contributed by atoms with E-state index in [1.54, 1.807) is 0 Å². The van der Waals surface area contributed by atoms with Crippen molar-refractivity contribution in [3.05, 3.63) is 42.7 Å². The number of rotatable bonds is 3. The zero-order chi connectivity index (χ0) is 15.2. The molecule has 0 radical (unpaired) electrons. The minimum atomic E-state index is -0.0942.